The minimum atomic E-state index is -0.654. The first kappa shape index (κ1) is 16.1. The number of benzene rings is 2. The van der Waals surface area contributed by atoms with E-state index in [1.807, 2.05) is 0 Å². The van der Waals surface area contributed by atoms with Crippen LogP contribution in [0.4, 0.5) is 10.1 Å². The van der Waals surface area contributed by atoms with Gasteiger partial charge in [-0.05, 0) is 18.2 Å². The van der Waals surface area contributed by atoms with Crippen LogP contribution in [-0.4, -0.2) is 20.1 Å². The summed E-state index contributed by atoms with van der Waals surface area (Å²) in [4.78, 5) is 12.1. The summed E-state index contributed by atoms with van der Waals surface area (Å²) in [7, 11) is 3.05. The lowest BCUT2D eigenvalue weighted by Crippen LogP contribution is -2.16. The molecule has 0 aromatic heterocycles. The Hall–Kier alpha value is -2.27. The number of nitrogens with one attached hydrogen (secondary N) is 1. The second-order valence-corrected chi connectivity index (χ2v) is 4.91. The van der Waals surface area contributed by atoms with E-state index in [0.717, 1.165) is 0 Å². The molecule has 0 fully saturated rings. The third-order valence-electron chi connectivity index (χ3n) is 3.07. The molecule has 0 saturated carbocycles. The molecule has 0 spiro atoms. The zero-order chi connectivity index (χ0) is 16.1. The molecule has 2 aromatic rings. The van der Waals surface area contributed by atoms with Crippen LogP contribution in [0.3, 0.4) is 0 Å². The van der Waals surface area contributed by atoms with Crippen LogP contribution in [0.2, 0.25) is 5.02 Å². The molecule has 0 heterocycles. The van der Waals surface area contributed by atoms with Crippen LogP contribution in [0, 0.1) is 5.82 Å². The fourth-order valence-corrected chi connectivity index (χ4v) is 2.14. The highest BCUT2D eigenvalue weighted by Crippen LogP contribution is 2.26. The quantitative estimate of drug-likeness (QED) is 0.913. The summed E-state index contributed by atoms with van der Waals surface area (Å²) in [6, 6.07) is 9.57. The summed E-state index contributed by atoms with van der Waals surface area (Å²) in [5.41, 5.74) is 0.716. The summed E-state index contributed by atoms with van der Waals surface area (Å²) in [6.45, 7) is 0. The van der Waals surface area contributed by atoms with Crippen molar-refractivity contribution in [2.45, 2.75) is 6.42 Å². The molecule has 4 nitrogen and oxygen atoms in total. The maximum atomic E-state index is 13.8. The molecule has 0 atom stereocenters. The van der Waals surface area contributed by atoms with Gasteiger partial charge in [-0.2, -0.15) is 0 Å². The van der Waals surface area contributed by atoms with Gasteiger partial charge >= 0.3 is 0 Å². The Kier molecular flexibility index (Phi) is 5.22. The average molecular weight is 324 g/mol. The standard InChI is InChI=1S/C16H15ClFNO3/c1-21-11-7-6-10(14(9-11)22-2)8-15(20)19-13-5-3-4-12(17)16(13)18/h3-7,9H,8H2,1-2H3,(H,19,20). The molecule has 0 radical (unpaired) electrons. The van der Waals surface area contributed by atoms with Gasteiger partial charge in [0.25, 0.3) is 0 Å². The largest absolute Gasteiger partial charge is 0.497 e. The molecular formula is C16H15ClFNO3. The van der Waals surface area contributed by atoms with Crippen LogP contribution in [0.25, 0.3) is 0 Å². The Morgan fingerprint density at radius 1 is 1.23 bits per heavy atom. The smallest absolute Gasteiger partial charge is 0.229 e. The van der Waals surface area contributed by atoms with Gasteiger partial charge in [0.15, 0.2) is 5.82 Å². The fourth-order valence-electron chi connectivity index (χ4n) is 1.97. The first-order valence-electron chi connectivity index (χ1n) is 6.50. The van der Waals surface area contributed by atoms with Gasteiger partial charge < -0.3 is 14.8 Å². The monoisotopic (exact) mass is 323 g/mol. The van der Waals surface area contributed by atoms with Crippen LogP contribution >= 0.6 is 11.6 Å². The summed E-state index contributed by atoms with van der Waals surface area (Å²) in [5, 5.41) is 2.45. The van der Waals surface area contributed by atoms with Gasteiger partial charge in [0.05, 0.1) is 31.4 Å². The van der Waals surface area contributed by atoms with Crippen molar-refractivity contribution in [1.29, 1.82) is 0 Å². The predicted molar refractivity (Wildman–Crippen MR) is 83.3 cm³/mol. The van der Waals surface area contributed by atoms with Gasteiger partial charge in [0, 0.05) is 11.6 Å². The highest BCUT2D eigenvalue weighted by atomic mass is 35.5. The van der Waals surface area contributed by atoms with Crippen LogP contribution in [0.1, 0.15) is 5.56 Å². The highest BCUT2D eigenvalue weighted by Gasteiger charge is 2.13. The van der Waals surface area contributed by atoms with Gasteiger partial charge in [0.1, 0.15) is 11.5 Å². The van der Waals surface area contributed by atoms with E-state index in [0.29, 0.717) is 17.1 Å². The number of hydrogen-bond donors (Lipinski definition) is 1. The third-order valence-corrected chi connectivity index (χ3v) is 3.36. The van der Waals surface area contributed by atoms with E-state index in [9.17, 15) is 9.18 Å². The lowest BCUT2D eigenvalue weighted by atomic mass is 10.1. The SMILES string of the molecule is COc1ccc(CC(=O)Nc2cccc(Cl)c2F)c(OC)c1. The third kappa shape index (κ3) is 3.68. The first-order chi connectivity index (χ1) is 10.5. The Labute approximate surface area is 132 Å². The van der Waals surface area contributed by atoms with Crippen molar-refractivity contribution in [2.75, 3.05) is 19.5 Å². The number of carbonyl (C=O) groups excluding carboxylic acids is 1. The van der Waals surface area contributed by atoms with E-state index in [-0.39, 0.29) is 23.0 Å². The van der Waals surface area contributed by atoms with Crippen molar-refractivity contribution in [3.05, 3.63) is 52.8 Å². The minimum Gasteiger partial charge on any atom is -0.497 e. The number of methoxy groups -OCH3 is 2. The molecule has 22 heavy (non-hydrogen) atoms. The summed E-state index contributed by atoms with van der Waals surface area (Å²) >= 11 is 5.68. The lowest BCUT2D eigenvalue weighted by molar-refractivity contribution is -0.115. The molecular weight excluding hydrogens is 309 g/mol. The van der Waals surface area contributed by atoms with E-state index in [1.54, 1.807) is 31.4 Å². The predicted octanol–water partition coefficient (Wildman–Crippen LogP) is 3.68. The second kappa shape index (κ2) is 7.13. The van der Waals surface area contributed by atoms with Crippen LogP contribution in [0.5, 0.6) is 11.5 Å². The molecule has 0 bridgehead atoms. The van der Waals surface area contributed by atoms with Crippen molar-refractivity contribution < 1.29 is 18.7 Å². The molecule has 116 valence electrons. The van der Waals surface area contributed by atoms with Crippen LogP contribution in [0.15, 0.2) is 36.4 Å². The van der Waals surface area contributed by atoms with Crippen molar-refractivity contribution in [3.8, 4) is 11.5 Å². The summed E-state index contributed by atoms with van der Waals surface area (Å²) in [5.74, 6) is 0.131. The number of carbonyl (C=O) groups is 1. The molecule has 1 amide bonds. The maximum Gasteiger partial charge on any atom is 0.229 e. The Balaban J connectivity index is 2.14. The zero-order valence-corrected chi connectivity index (χ0v) is 12.9. The molecule has 0 aliphatic rings. The topological polar surface area (TPSA) is 47.6 Å². The zero-order valence-electron chi connectivity index (χ0n) is 12.2. The van der Waals surface area contributed by atoms with Crippen molar-refractivity contribution in [2.24, 2.45) is 0 Å². The van der Waals surface area contributed by atoms with Gasteiger partial charge in [0.2, 0.25) is 5.91 Å². The maximum absolute atomic E-state index is 13.8. The lowest BCUT2D eigenvalue weighted by Gasteiger charge is -2.11. The number of halogens is 2. The first-order valence-corrected chi connectivity index (χ1v) is 6.87. The number of ether oxygens (including phenoxy) is 2. The molecule has 1 N–H and O–H groups in total. The van der Waals surface area contributed by atoms with E-state index >= 15 is 0 Å². The van der Waals surface area contributed by atoms with Gasteiger partial charge in [-0.1, -0.05) is 23.7 Å². The van der Waals surface area contributed by atoms with Crippen LogP contribution in [-0.2, 0) is 11.2 Å². The average Bonchev–Trinajstić information content (AvgIpc) is 2.52. The van der Waals surface area contributed by atoms with E-state index in [2.05, 4.69) is 5.32 Å². The van der Waals surface area contributed by atoms with Gasteiger partial charge in [-0.25, -0.2) is 4.39 Å². The minimum absolute atomic E-state index is 0.0408. The molecule has 2 aromatic carbocycles. The summed E-state index contributed by atoms with van der Waals surface area (Å²) in [6.07, 6.45) is 0.0408. The van der Waals surface area contributed by atoms with Crippen molar-refractivity contribution in [3.63, 3.8) is 0 Å². The second-order valence-electron chi connectivity index (χ2n) is 4.50. The van der Waals surface area contributed by atoms with E-state index < -0.39 is 5.82 Å². The highest BCUT2D eigenvalue weighted by molar-refractivity contribution is 6.31. The fraction of sp³-hybridized carbons (Fsp3) is 0.188. The van der Waals surface area contributed by atoms with Crippen LogP contribution < -0.4 is 14.8 Å². The number of anilines is 1. The van der Waals surface area contributed by atoms with Crippen molar-refractivity contribution in [1.82, 2.24) is 0 Å². The Bertz CT molecular complexity index is 691. The Morgan fingerprint density at radius 2 is 2.00 bits per heavy atom. The van der Waals surface area contributed by atoms with Crippen molar-refractivity contribution >= 4 is 23.2 Å². The molecule has 0 saturated heterocycles. The summed E-state index contributed by atoms with van der Waals surface area (Å²) < 4.78 is 24.1. The number of amides is 1. The molecule has 0 unspecified atom stereocenters. The van der Waals surface area contributed by atoms with Gasteiger partial charge in [-0.3, -0.25) is 4.79 Å². The Morgan fingerprint density at radius 3 is 2.68 bits per heavy atom. The molecule has 0 aliphatic carbocycles. The normalized spacial score (nSPS) is 10.2. The number of hydrogen-bond acceptors (Lipinski definition) is 3. The molecule has 2 rings (SSSR count). The molecule has 0 aliphatic heterocycles. The van der Waals surface area contributed by atoms with Gasteiger partial charge in [-0.15, -0.1) is 0 Å². The number of rotatable bonds is 5. The van der Waals surface area contributed by atoms with E-state index in [4.69, 9.17) is 21.1 Å². The molecule has 6 heteroatoms. The van der Waals surface area contributed by atoms with E-state index in [1.165, 1.54) is 19.2 Å².